The third-order valence-corrected chi connectivity index (χ3v) is 0.576. The summed E-state index contributed by atoms with van der Waals surface area (Å²) in [5.74, 6) is 5.22. The molecule has 0 spiro atoms. The fourth-order valence-corrected chi connectivity index (χ4v) is 0.272. The van der Waals surface area contributed by atoms with Crippen LogP contribution in [0.2, 0.25) is 0 Å². The van der Waals surface area contributed by atoms with E-state index in [4.69, 9.17) is 5.84 Å². The molecule has 0 atom stereocenters. The van der Waals surface area contributed by atoms with Gasteiger partial charge in [0, 0.05) is 13.2 Å². The van der Waals surface area contributed by atoms with Crippen molar-refractivity contribution >= 4 is 0 Å². The summed E-state index contributed by atoms with van der Waals surface area (Å²) >= 11 is 0. The van der Waals surface area contributed by atoms with Crippen molar-refractivity contribution in [2.45, 2.75) is 13.3 Å². The van der Waals surface area contributed by atoms with Gasteiger partial charge in [0.2, 0.25) is 0 Å². The summed E-state index contributed by atoms with van der Waals surface area (Å²) in [7, 11) is 1.80. The lowest BCUT2D eigenvalue weighted by Crippen LogP contribution is -2.18. The van der Waals surface area contributed by atoms with Gasteiger partial charge >= 0.3 is 0 Å². The number of nitrogens with two attached hydrogens (primary N) is 1. The smallest absolute Gasteiger partial charge is 0.0222 e. The van der Waals surface area contributed by atoms with Crippen molar-refractivity contribution < 1.29 is 0 Å². The molecule has 0 fully saturated rings. The molecule has 0 heterocycles. The summed E-state index contributed by atoms with van der Waals surface area (Å²) in [5, 5.41) is 1.53. The second-order valence-electron chi connectivity index (χ2n) is 1.46. The molecule has 0 aromatic rings. The standard InChI is InChI=1S/C5H12N2/c1-3-4-5-7(2)6/h4-5H,3,6H2,1-2H3. The Hall–Kier alpha value is -0.500. The van der Waals surface area contributed by atoms with E-state index in [0.29, 0.717) is 0 Å². The van der Waals surface area contributed by atoms with Gasteiger partial charge in [0.25, 0.3) is 0 Å². The molecule has 0 saturated carbocycles. The second kappa shape index (κ2) is 3.68. The number of rotatable bonds is 2. The predicted octanol–water partition coefficient (Wildman–Crippen LogP) is 0.716. The normalized spacial score (nSPS) is 10.1. The maximum absolute atomic E-state index is 5.22. The maximum Gasteiger partial charge on any atom is 0.0222 e. The Labute approximate surface area is 44.6 Å². The van der Waals surface area contributed by atoms with Crippen molar-refractivity contribution in [1.29, 1.82) is 0 Å². The van der Waals surface area contributed by atoms with Crippen molar-refractivity contribution in [3.05, 3.63) is 12.3 Å². The highest BCUT2D eigenvalue weighted by atomic mass is 15.4. The van der Waals surface area contributed by atoms with Crippen molar-refractivity contribution in [3.63, 3.8) is 0 Å². The van der Waals surface area contributed by atoms with Gasteiger partial charge in [-0.15, -0.1) is 0 Å². The molecule has 0 aliphatic rings. The molecular weight excluding hydrogens is 88.1 g/mol. The number of hydrogen-bond acceptors (Lipinski definition) is 2. The lowest BCUT2D eigenvalue weighted by molar-refractivity contribution is 0.483. The van der Waals surface area contributed by atoms with Gasteiger partial charge in [-0.25, -0.2) is 5.84 Å². The minimum absolute atomic E-state index is 1.04. The Morgan fingerprint density at radius 1 is 1.71 bits per heavy atom. The number of hydrazine groups is 1. The van der Waals surface area contributed by atoms with E-state index in [-0.39, 0.29) is 0 Å². The topological polar surface area (TPSA) is 29.3 Å². The van der Waals surface area contributed by atoms with Crippen LogP contribution in [0.4, 0.5) is 0 Å². The number of hydrogen-bond donors (Lipinski definition) is 1. The minimum atomic E-state index is 1.04. The molecule has 0 unspecified atom stereocenters. The third-order valence-electron chi connectivity index (χ3n) is 0.576. The van der Waals surface area contributed by atoms with Crippen molar-refractivity contribution in [2.24, 2.45) is 5.84 Å². The lowest BCUT2D eigenvalue weighted by Gasteiger charge is -2.00. The van der Waals surface area contributed by atoms with E-state index < -0.39 is 0 Å². The largest absolute Gasteiger partial charge is 0.322 e. The average molecular weight is 100 g/mol. The van der Waals surface area contributed by atoms with Crippen molar-refractivity contribution in [3.8, 4) is 0 Å². The van der Waals surface area contributed by atoms with E-state index in [0.717, 1.165) is 6.42 Å². The van der Waals surface area contributed by atoms with Crippen LogP contribution in [0.1, 0.15) is 13.3 Å². The summed E-state index contributed by atoms with van der Waals surface area (Å²) in [6.07, 6.45) is 4.88. The average Bonchev–Trinajstić information content (AvgIpc) is 1.61. The Balaban J connectivity index is 3.08. The van der Waals surface area contributed by atoms with E-state index in [1.165, 1.54) is 5.01 Å². The van der Waals surface area contributed by atoms with Crippen LogP contribution >= 0.6 is 0 Å². The molecule has 7 heavy (non-hydrogen) atoms. The Kier molecular flexibility index (Phi) is 3.42. The molecule has 0 rings (SSSR count). The van der Waals surface area contributed by atoms with Crippen LogP contribution in [0.5, 0.6) is 0 Å². The van der Waals surface area contributed by atoms with E-state index in [1.807, 2.05) is 12.3 Å². The third kappa shape index (κ3) is 5.50. The van der Waals surface area contributed by atoms with Gasteiger partial charge in [0.15, 0.2) is 0 Å². The number of nitrogens with zero attached hydrogens (tertiary/aromatic N) is 1. The minimum Gasteiger partial charge on any atom is -0.322 e. The van der Waals surface area contributed by atoms with Gasteiger partial charge in [-0.2, -0.15) is 0 Å². The van der Waals surface area contributed by atoms with Crippen LogP contribution in [0, 0.1) is 0 Å². The first-order chi connectivity index (χ1) is 3.27. The van der Waals surface area contributed by atoms with Gasteiger partial charge in [-0.05, 0) is 6.42 Å². The Bertz CT molecular complexity index is 57.1. The summed E-state index contributed by atoms with van der Waals surface area (Å²) in [6.45, 7) is 2.07. The predicted molar refractivity (Wildman–Crippen MR) is 31.4 cm³/mol. The van der Waals surface area contributed by atoms with Crippen molar-refractivity contribution in [1.82, 2.24) is 5.01 Å². The molecule has 0 amide bonds. The zero-order valence-electron chi connectivity index (χ0n) is 4.89. The van der Waals surface area contributed by atoms with Gasteiger partial charge in [-0.1, -0.05) is 13.0 Å². The van der Waals surface area contributed by atoms with E-state index in [2.05, 4.69) is 6.92 Å². The molecule has 0 aromatic heterocycles. The zero-order chi connectivity index (χ0) is 5.70. The molecular formula is C5H12N2. The van der Waals surface area contributed by atoms with Crippen LogP contribution in [-0.2, 0) is 0 Å². The molecule has 0 bridgehead atoms. The molecule has 2 N–H and O–H groups in total. The molecule has 0 radical (unpaired) electrons. The second-order valence-corrected chi connectivity index (χ2v) is 1.46. The van der Waals surface area contributed by atoms with Gasteiger partial charge in [0.05, 0.1) is 0 Å². The monoisotopic (exact) mass is 100 g/mol. The molecule has 0 aliphatic carbocycles. The number of allylic oxidation sites excluding steroid dienone is 1. The fourth-order valence-electron chi connectivity index (χ4n) is 0.272. The van der Waals surface area contributed by atoms with Crippen LogP contribution < -0.4 is 5.84 Å². The van der Waals surface area contributed by atoms with Crippen molar-refractivity contribution in [2.75, 3.05) is 7.05 Å². The molecule has 2 heteroatoms. The highest BCUT2D eigenvalue weighted by Gasteiger charge is 1.69. The summed E-state index contributed by atoms with van der Waals surface area (Å²) in [4.78, 5) is 0. The summed E-state index contributed by atoms with van der Waals surface area (Å²) in [5.41, 5.74) is 0. The Morgan fingerprint density at radius 3 is 2.43 bits per heavy atom. The molecule has 0 saturated heterocycles. The van der Waals surface area contributed by atoms with E-state index in [1.54, 1.807) is 7.05 Å². The first-order valence-electron chi connectivity index (χ1n) is 2.41. The van der Waals surface area contributed by atoms with E-state index >= 15 is 0 Å². The molecule has 42 valence electrons. The van der Waals surface area contributed by atoms with Crippen LogP contribution in [0.25, 0.3) is 0 Å². The van der Waals surface area contributed by atoms with E-state index in [9.17, 15) is 0 Å². The molecule has 0 aromatic carbocycles. The van der Waals surface area contributed by atoms with Crippen LogP contribution in [0.15, 0.2) is 12.3 Å². The first kappa shape index (κ1) is 6.50. The SMILES string of the molecule is CCC=CN(C)N. The maximum atomic E-state index is 5.22. The van der Waals surface area contributed by atoms with Gasteiger partial charge in [-0.3, -0.25) is 0 Å². The summed E-state index contributed by atoms with van der Waals surface area (Å²) < 4.78 is 0. The Morgan fingerprint density at radius 2 is 2.29 bits per heavy atom. The highest BCUT2D eigenvalue weighted by molar-refractivity contribution is 4.75. The van der Waals surface area contributed by atoms with Crippen LogP contribution in [-0.4, -0.2) is 12.1 Å². The zero-order valence-corrected chi connectivity index (χ0v) is 4.89. The molecule has 0 aliphatic heterocycles. The van der Waals surface area contributed by atoms with Gasteiger partial charge in [0.1, 0.15) is 0 Å². The van der Waals surface area contributed by atoms with Crippen LogP contribution in [0.3, 0.4) is 0 Å². The quantitative estimate of drug-likeness (QED) is 0.409. The highest BCUT2D eigenvalue weighted by Crippen LogP contribution is 1.77. The summed E-state index contributed by atoms with van der Waals surface area (Å²) in [6, 6.07) is 0. The fraction of sp³-hybridized carbons (Fsp3) is 0.600. The van der Waals surface area contributed by atoms with Gasteiger partial charge < -0.3 is 5.01 Å². The molecule has 2 nitrogen and oxygen atoms in total. The lowest BCUT2D eigenvalue weighted by atomic mass is 10.5. The first-order valence-corrected chi connectivity index (χ1v) is 2.41.